The molecule has 1 aliphatic heterocycles. The number of aromatic amines is 1. The Labute approximate surface area is 105 Å². The number of ether oxygens (including phenoxy) is 1. The second-order valence-corrected chi connectivity index (χ2v) is 6.07. The lowest BCUT2D eigenvalue weighted by Gasteiger charge is -2.36. The second-order valence-electron chi connectivity index (χ2n) is 4.21. The van der Waals surface area contributed by atoms with E-state index >= 15 is 0 Å². The molecule has 0 saturated carbocycles. The van der Waals surface area contributed by atoms with Crippen LogP contribution < -0.4 is 5.73 Å². The summed E-state index contributed by atoms with van der Waals surface area (Å²) in [6.07, 6.45) is 0.671. The molecule has 2 heterocycles. The Hall–Kier alpha value is -1.16. The molecule has 2 rings (SSSR count). The number of aromatic nitrogens is 2. The maximum absolute atomic E-state index is 12.4. The Kier molecular flexibility index (Phi) is 3.57. The first-order chi connectivity index (χ1) is 8.46. The van der Waals surface area contributed by atoms with Gasteiger partial charge >= 0.3 is 0 Å². The number of nitrogens with zero attached hydrogens (tertiary/aromatic N) is 2. The number of aliphatic hydroxyl groups is 1. The highest BCUT2D eigenvalue weighted by Crippen LogP contribution is 2.24. The van der Waals surface area contributed by atoms with Crippen LogP contribution in [0.2, 0.25) is 0 Å². The van der Waals surface area contributed by atoms with Gasteiger partial charge in [0.2, 0.25) is 10.0 Å². The number of hydrogen-bond donors (Lipinski definition) is 3. The molecule has 18 heavy (non-hydrogen) atoms. The Bertz CT molecular complexity index is 514. The molecule has 102 valence electrons. The van der Waals surface area contributed by atoms with Gasteiger partial charge in [-0.05, 0) is 6.92 Å². The number of sulfonamides is 1. The third-order valence-electron chi connectivity index (χ3n) is 2.87. The van der Waals surface area contributed by atoms with E-state index < -0.39 is 16.1 Å². The van der Waals surface area contributed by atoms with E-state index in [1.54, 1.807) is 6.92 Å². The van der Waals surface area contributed by atoms with E-state index in [9.17, 15) is 8.42 Å². The predicted octanol–water partition coefficient (Wildman–Crippen LogP) is -1.24. The predicted molar refractivity (Wildman–Crippen MR) is 63.2 cm³/mol. The molecule has 0 spiro atoms. The molecule has 0 aliphatic carbocycles. The summed E-state index contributed by atoms with van der Waals surface area (Å²) in [5, 5.41) is 15.1. The van der Waals surface area contributed by atoms with Crippen LogP contribution in [0.4, 0.5) is 5.82 Å². The Morgan fingerprint density at radius 3 is 3.00 bits per heavy atom. The minimum absolute atomic E-state index is 0.00856. The molecule has 0 radical (unpaired) electrons. The van der Waals surface area contributed by atoms with Crippen molar-refractivity contribution in [3.05, 3.63) is 6.20 Å². The van der Waals surface area contributed by atoms with Crippen LogP contribution >= 0.6 is 0 Å². The molecule has 1 fully saturated rings. The van der Waals surface area contributed by atoms with Gasteiger partial charge in [-0.1, -0.05) is 0 Å². The number of morpholine rings is 1. The van der Waals surface area contributed by atoms with Gasteiger partial charge in [0.25, 0.3) is 0 Å². The fourth-order valence-electron chi connectivity index (χ4n) is 1.85. The van der Waals surface area contributed by atoms with Crippen LogP contribution in [0.25, 0.3) is 0 Å². The molecule has 4 N–H and O–H groups in total. The SMILES string of the molecule is CC1COC(CO)CN1S(=O)(=O)c1cn[nH]c1N. The summed E-state index contributed by atoms with van der Waals surface area (Å²) in [4.78, 5) is -0.0482. The third kappa shape index (κ3) is 2.21. The van der Waals surface area contributed by atoms with Crippen molar-refractivity contribution in [1.29, 1.82) is 0 Å². The highest BCUT2D eigenvalue weighted by Gasteiger charge is 2.36. The molecule has 2 unspecified atom stereocenters. The largest absolute Gasteiger partial charge is 0.394 e. The van der Waals surface area contributed by atoms with Gasteiger partial charge in [0.1, 0.15) is 10.7 Å². The Morgan fingerprint density at radius 1 is 1.72 bits per heavy atom. The van der Waals surface area contributed by atoms with Crippen LogP contribution in [0, 0.1) is 0 Å². The van der Waals surface area contributed by atoms with Gasteiger partial charge < -0.3 is 15.6 Å². The fourth-order valence-corrected chi connectivity index (χ4v) is 3.51. The second kappa shape index (κ2) is 4.84. The summed E-state index contributed by atoms with van der Waals surface area (Å²) in [5.41, 5.74) is 5.54. The first-order valence-electron chi connectivity index (χ1n) is 5.50. The third-order valence-corrected chi connectivity index (χ3v) is 4.88. The summed E-state index contributed by atoms with van der Waals surface area (Å²) in [6.45, 7) is 1.86. The molecular weight excluding hydrogens is 260 g/mol. The molecule has 1 aliphatic rings. The Morgan fingerprint density at radius 2 is 2.44 bits per heavy atom. The summed E-state index contributed by atoms with van der Waals surface area (Å²) >= 11 is 0. The highest BCUT2D eigenvalue weighted by atomic mass is 32.2. The highest BCUT2D eigenvalue weighted by molar-refractivity contribution is 7.89. The summed E-state index contributed by atoms with van der Waals surface area (Å²) in [7, 11) is -3.72. The lowest BCUT2D eigenvalue weighted by Crippen LogP contribution is -2.51. The molecule has 9 heteroatoms. The molecule has 1 saturated heterocycles. The molecule has 0 aromatic carbocycles. The Balaban J connectivity index is 2.31. The van der Waals surface area contributed by atoms with Crippen LogP contribution in [0.3, 0.4) is 0 Å². The molecule has 2 atom stereocenters. The van der Waals surface area contributed by atoms with E-state index in [1.807, 2.05) is 0 Å². The van der Waals surface area contributed by atoms with Gasteiger partial charge in [0.15, 0.2) is 0 Å². The van der Waals surface area contributed by atoms with Crippen molar-refractivity contribution in [3.8, 4) is 0 Å². The van der Waals surface area contributed by atoms with Crippen LogP contribution in [0.15, 0.2) is 11.1 Å². The van der Waals surface area contributed by atoms with Crippen LogP contribution in [0.1, 0.15) is 6.92 Å². The zero-order chi connectivity index (χ0) is 13.3. The lowest BCUT2D eigenvalue weighted by atomic mass is 10.2. The summed E-state index contributed by atoms with van der Waals surface area (Å²) in [6, 6.07) is -0.313. The van der Waals surface area contributed by atoms with Crippen molar-refractivity contribution >= 4 is 15.8 Å². The standard InChI is InChI=1S/C9H16N4O4S/c1-6-5-17-7(4-14)3-13(6)18(15,16)8-2-11-12-9(8)10/h2,6-7,14H,3-5H2,1H3,(H3,10,11,12). The van der Waals surface area contributed by atoms with Crippen molar-refractivity contribution in [2.45, 2.75) is 24.0 Å². The fraction of sp³-hybridized carbons (Fsp3) is 0.667. The first kappa shape index (κ1) is 13.3. The average molecular weight is 276 g/mol. The van der Waals surface area contributed by atoms with Crippen molar-refractivity contribution in [2.24, 2.45) is 0 Å². The van der Waals surface area contributed by atoms with Crippen molar-refractivity contribution < 1.29 is 18.3 Å². The zero-order valence-electron chi connectivity index (χ0n) is 9.91. The molecule has 0 bridgehead atoms. The quantitative estimate of drug-likeness (QED) is 0.635. The summed E-state index contributed by atoms with van der Waals surface area (Å²) < 4.78 is 31.4. The van der Waals surface area contributed by atoms with Crippen LogP contribution in [0.5, 0.6) is 0 Å². The van der Waals surface area contributed by atoms with Gasteiger partial charge in [0, 0.05) is 12.6 Å². The minimum atomic E-state index is -3.72. The van der Waals surface area contributed by atoms with Gasteiger partial charge in [-0.25, -0.2) is 8.42 Å². The molecule has 8 nitrogen and oxygen atoms in total. The van der Waals surface area contributed by atoms with Gasteiger partial charge in [-0.3, -0.25) is 5.10 Å². The van der Waals surface area contributed by atoms with E-state index in [4.69, 9.17) is 15.6 Å². The average Bonchev–Trinajstić information content (AvgIpc) is 2.76. The lowest BCUT2D eigenvalue weighted by molar-refractivity contribution is -0.0516. The molecule has 0 amide bonds. The monoisotopic (exact) mass is 276 g/mol. The smallest absolute Gasteiger partial charge is 0.248 e. The van der Waals surface area contributed by atoms with Crippen LogP contribution in [-0.2, 0) is 14.8 Å². The van der Waals surface area contributed by atoms with Gasteiger partial charge in [-0.2, -0.15) is 9.40 Å². The van der Waals surface area contributed by atoms with Crippen molar-refractivity contribution in [1.82, 2.24) is 14.5 Å². The maximum atomic E-state index is 12.4. The van der Waals surface area contributed by atoms with Crippen molar-refractivity contribution in [2.75, 3.05) is 25.5 Å². The van der Waals surface area contributed by atoms with Gasteiger partial charge in [-0.15, -0.1) is 0 Å². The van der Waals surface area contributed by atoms with E-state index in [-0.39, 0.29) is 36.5 Å². The number of rotatable bonds is 3. The zero-order valence-corrected chi connectivity index (χ0v) is 10.7. The number of nitrogens with two attached hydrogens (primary N) is 1. The number of anilines is 1. The minimum Gasteiger partial charge on any atom is -0.394 e. The van der Waals surface area contributed by atoms with Gasteiger partial charge in [0.05, 0.1) is 25.5 Å². The number of nitrogen functional groups attached to an aromatic ring is 1. The van der Waals surface area contributed by atoms with E-state index in [2.05, 4.69) is 10.2 Å². The number of hydrogen-bond acceptors (Lipinski definition) is 6. The normalized spacial score (nSPS) is 26.3. The van der Waals surface area contributed by atoms with E-state index in [0.717, 1.165) is 0 Å². The first-order valence-corrected chi connectivity index (χ1v) is 6.94. The molecule has 1 aromatic heterocycles. The molecular formula is C9H16N4O4S. The number of aliphatic hydroxyl groups excluding tert-OH is 1. The van der Waals surface area contributed by atoms with E-state index in [1.165, 1.54) is 10.5 Å². The topological polar surface area (TPSA) is 122 Å². The molecule has 1 aromatic rings. The number of H-pyrrole nitrogens is 1. The van der Waals surface area contributed by atoms with Crippen LogP contribution in [-0.4, -0.2) is 59.9 Å². The maximum Gasteiger partial charge on any atom is 0.248 e. The van der Waals surface area contributed by atoms with E-state index in [0.29, 0.717) is 0 Å². The summed E-state index contributed by atoms with van der Waals surface area (Å²) in [5.74, 6) is 0.00856. The van der Waals surface area contributed by atoms with Crippen molar-refractivity contribution in [3.63, 3.8) is 0 Å². The number of nitrogens with one attached hydrogen (secondary N) is 1.